The second-order valence-corrected chi connectivity index (χ2v) is 10.5. The molecule has 0 amide bonds. The number of nitrogens with zero attached hydrogens (tertiary/aromatic N) is 3. The number of carboxylic acids is 1. The number of rotatable bonds is 8. The van der Waals surface area contributed by atoms with Gasteiger partial charge in [0.05, 0.1) is 31.9 Å². The molecule has 2 aliphatic rings. The summed E-state index contributed by atoms with van der Waals surface area (Å²) in [5, 5.41) is 19.1. The molecule has 8 nitrogen and oxygen atoms in total. The Bertz CT molecular complexity index is 1600. The number of hydrogen-bond acceptors (Lipinski definition) is 7. The fourth-order valence-corrected chi connectivity index (χ4v) is 5.36. The highest BCUT2D eigenvalue weighted by molar-refractivity contribution is 6.39. The molecule has 0 saturated heterocycles. The van der Waals surface area contributed by atoms with E-state index in [1.807, 2.05) is 12.1 Å². The standard InChI is InChI=1S/C28H20Cl3N3O5/c29-20-2-1-3-21(30)25(20)26-19(27(39-34-26)14-4-5-14)13-37-17-6-7-18(22(31)9-17)24-10-23(33-38-24)15-8-16(28(35)36)12-32-11-15/h1-3,6-9,11-12,14,24H,4-5,10,13H2,(H,35,36). The molecule has 2 aromatic carbocycles. The molecule has 11 heteroatoms. The van der Waals surface area contributed by atoms with Gasteiger partial charge in [0.1, 0.15) is 23.8 Å². The third-order valence-corrected chi connectivity index (χ3v) is 7.61. The number of pyridine rings is 1. The summed E-state index contributed by atoms with van der Waals surface area (Å²) in [6.07, 6.45) is 4.89. The number of aromatic carboxylic acids is 1. The summed E-state index contributed by atoms with van der Waals surface area (Å²) in [5.41, 5.74) is 3.98. The van der Waals surface area contributed by atoms with E-state index in [4.69, 9.17) is 48.9 Å². The Balaban J connectivity index is 1.19. The molecule has 0 radical (unpaired) electrons. The molecule has 2 aromatic heterocycles. The number of ether oxygens (including phenoxy) is 1. The van der Waals surface area contributed by atoms with Gasteiger partial charge in [-0.3, -0.25) is 4.98 Å². The van der Waals surface area contributed by atoms with Crippen LogP contribution in [-0.2, 0) is 11.4 Å². The minimum atomic E-state index is -1.06. The first-order chi connectivity index (χ1) is 18.9. The highest BCUT2D eigenvalue weighted by Crippen LogP contribution is 2.46. The van der Waals surface area contributed by atoms with Gasteiger partial charge in [-0.05, 0) is 43.2 Å². The lowest BCUT2D eigenvalue weighted by Crippen LogP contribution is -2.05. The largest absolute Gasteiger partial charge is 0.489 e. The first-order valence-electron chi connectivity index (χ1n) is 12.2. The fourth-order valence-electron chi connectivity index (χ4n) is 4.49. The van der Waals surface area contributed by atoms with Gasteiger partial charge in [0.25, 0.3) is 0 Å². The normalized spacial score (nSPS) is 16.6. The van der Waals surface area contributed by atoms with Crippen LogP contribution in [0, 0.1) is 0 Å². The quantitative estimate of drug-likeness (QED) is 0.226. The summed E-state index contributed by atoms with van der Waals surface area (Å²) >= 11 is 19.5. The van der Waals surface area contributed by atoms with Crippen molar-refractivity contribution in [3.63, 3.8) is 0 Å². The van der Waals surface area contributed by atoms with Gasteiger partial charge in [-0.25, -0.2) is 4.79 Å². The van der Waals surface area contributed by atoms with E-state index in [-0.39, 0.29) is 12.2 Å². The Kier molecular flexibility index (Phi) is 6.93. The molecule has 1 saturated carbocycles. The first-order valence-corrected chi connectivity index (χ1v) is 13.3. The molecular formula is C28H20Cl3N3O5. The molecule has 1 fully saturated rings. The number of hydrogen-bond donors (Lipinski definition) is 1. The van der Waals surface area contributed by atoms with Gasteiger partial charge >= 0.3 is 5.97 Å². The predicted octanol–water partition coefficient (Wildman–Crippen LogP) is 7.72. The summed E-state index contributed by atoms with van der Waals surface area (Å²) in [5.74, 6) is 0.586. The molecule has 4 aromatic rings. The van der Waals surface area contributed by atoms with Gasteiger partial charge in [0.2, 0.25) is 0 Å². The molecule has 1 aliphatic carbocycles. The Labute approximate surface area is 238 Å². The van der Waals surface area contributed by atoms with E-state index in [1.54, 1.807) is 30.5 Å². The number of oxime groups is 1. The van der Waals surface area contributed by atoms with Crippen molar-refractivity contribution in [2.75, 3.05) is 0 Å². The minimum Gasteiger partial charge on any atom is -0.489 e. The molecule has 1 aliphatic heterocycles. The fraction of sp³-hybridized carbons (Fsp3) is 0.214. The van der Waals surface area contributed by atoms with E-state index in [0.29, 0.717) is 55.7 Å². The van der Waals surface area contributed by atoms with Gasteiger partial charge in [0.15, 0.2) is 6.10 Å². The number of aromatic nitrogens is 2. The van der Waals surface area contributed by atoms with Crippen molar-refractivity contribution in [2.45, 2.75) is 37.9 Å². The average Bonchev–Trinajstić information content (AvgIpc) is 3.50. The summed E-state index contributed by atoms with van der Waals surface area (Å²) in [6, 6.07) is 12.2. The van der Waals surface area contributed by atoms with Crippen molar-refractivity contribution < 1.29 is 24.0 Å². The van der Waals surface area contributed by atoms with Crippen molar-refractivity contribution in [2.24, 2.45) is 5.16 Å². The summed E-state index contributed by atoms with van der Waals surface area (Å²) in [6.45, 7) is 0.196. The Morgan fingerprint density at radius 3 is 2.56 bits per heavy atom. The number of halogens is 3. The molecule has 1 N–H and O–H groups in total. The van der Waals surface area contributed by atoms with E-state index >= 15 is 0 Å². The van der Waals surface area contributed by atoms with Crippen LogP contribution in [0.3, 0.4) is 0 Å². The van der Waals surface area contributed by atoms with E-state index < -0.39 is 12.1 Å². The van der Waals surface area contributed by atoms with Crippen molar-refractivity contribution in [1.82, 2.24) is 10.1 Å². The van der Waals surface area contributed by atoms with Crippen LogP contribution in [0.2, 0.25) is 15.1 Å². The van der Waals surface area contributed by atoms with Crippen LogP contribution in [0.4, 0.5) is 0 Å². The van der Waals surface area contributed by atoms with Crippen LogP contribution in [0.25, 0.3) is 11.3 Å². The van der Waals surface area contributed by atoms with Crippen LogP contribution in [0.15, 0.2) is 64.5 Å². The predicted molar refractivity (Wildman–Crippen MR) is 146 cm³/mol. The third kappa shape index (κ3) is 5.20. The van der Waals surface area contributed by atoms with E-state index in [0.717, 1.165) is 29.7 Å². The second kappa shape index (κ2) is 10.5. The molecular weight excluding hydrogens is 565 g/mol. The van der Waals surface area contributed by atoms with Crippen molar-refractivity contribution in [1.29, 1.82) is 0 Å². The van der Waals surface area contributed by atoms with Gasteiger partial charge in [-0.2, -0.15) is 0 Å². The van der Waals surface area contributed by atoms with E-state index in [1.165, 1.54) is 12.3 Å². The van der Waals surface area contributed by atoms with Gasteiger partial charge in [0, 0.05) is 41.4 Å². The first kappa shape index (κ1) is 25.7. The van der Waals surface area contributed by atoms with Crippen LogP contribution >= 0.6 is 34.8 Å². The van der Waals surface area contributed by atoms with Crippen molar-refractivity contribution in [3.05, 3.63) is 97.9 Å². The average molecular weight is 585 g/mol. The van der Waals surface area contributed by atoms with Crippen LogP contribution in [0.1, 0.15) is 64.1 Å². The highest BCUT2D eigenvalue weighted by Gasteiger charge is 2.34. The van der Waals surface area contributed by atoms with Crippen LogP contribution < -0.4 is 4.74 Å². The SMILES string of the molecule is O=C(O)c1cncc(C2=NOC(c3ccc(OCc4c(-c5c(Cl)cccc5Cl)noc4C4CC4)cc3Cl)C2)c1. The van der Waals surface area contributed by atoms with Crippen LogP contribution in [-0.4, -0.2) is 26.9 Å². The highest BCUT2D eigenvalue weighted by atomic mass is 35.5. The zero-order valence-electron chi connectivity index (χ0n) is 20.2. The van der Waals surface area contributed by atoms with Gasteiger partial charge in [-0.15, -0.1) is 0 Å². The van der Waals surface area contributed by atoms with Gasteiger partial charge in [-0.1, -0.05) is 57.2 Å². The number of carbonyl (C=O) groups is 1. The lowest BCUT2D eigenvalue weighted by molar-refractivity contribution is 0.0696. The maximum atomic E-state index is 11.3. The summed E-state index contributed by atoms with van der Waals surface area (Å²) in [7, 11) is 0. The number of carboxylic acid groups (broad SMARTS) is 1. The smallest absolute Gasteiger partial charge is 0.337 e. The maximum absolute atomic E-state index is 11.3. The summed E-state index contributed by atoms with van der Waals surface area (Å²) < 4.78 is 11.8. The molecule has 3 heterocycles. The lowest BCUT2D eigenvalue weighted by Gasteiger charge is -2.13. The third-order valence-electron chi connectivity index (χ3n) is 6.66. The molecule has 39 heavy (non-hydrogen) atoms. The Morgan fingerprint density at radius 1 is 1.05 bits per heavy atom. The topological polar surface area (TPSA) is 107 Å². The molecule has 1 unspecified atom stereocenters. The molecule has 6 rings (SSSR count). The van der Waals surface area contributed by atoms with E-state index in [9.17, 15) is 9.90 Å². The van der Waals surface area contributed by atoms with Crippen molar-refractivity contribution in [3.8, 4) is 17.0 Å². The molecule has 0 spiro atoms. The maximum Gasteiger partial charge on any atom is 0.337 e. The zero-order valence-corrected chi connectivity index (χ0v) is 22.5. The zero-order chi connectivity index (χ0) is 27.1. The Hall–Kier alpha value is -3.59. The summed E-state index contributed by atoms with van der Waals surface area (Å²) in [4.78, 5) is 20.9. The van der Waals surface area contributed by atoms with Gasteiger partial charge < -0.3 is 19.2 Å². The molecule has 198 valence electrons. The molecule has 1 atom stereocenters. The lowest BCUT2D eigenvalue weighted by atomic mass is 10.0. The minimum absolute atomic E-state index is 0.0795. The van der Waals surface area contributed by atoms with Crippen LogP contribution in [0.5, 0.6) is 5.75 Å². The van der Waals surface area contributed by atoms with Crippen molar-refractivity contribution >= 4 is 46.5 Å². The Morgan fingerprint density at radius 2 is 1.85 bits per heavy atom. The van der Waals surface area contributed by atoms with E-state index in [2.05, 4.69) is 15.3 Å². The monoisotopic (exact) mass is 583 g/mol. The number of benzene rings is 2. The molecule has 0 bridgehead atoms. The second-order valence-electron chi connectivity index (χ2n) is 9.32.